The molecule has 0 aliphatic rings. The van der Waals surface area contributed by atoms with Crippen LogP contribution in [-0.4, -0.2) is 33.8 Å². The SMILES string of the molecule is COCCCOc1cc(CC(NC=O)c2ccc(OCc3ccccc3)cc2)ccc1OC. The van der Waals surface area contributed by atoms with Crippen LogP contribution >= 0.6 is 0 Å². The Morgan fingerprint density at radius 2 is 1.64 bits per heavy atom. The predicted molar refractivity (Wildman–Crippen MR) is 128 cm³/mol. The molecule has 3 rings (SSSR count). The fraction of sp³-hybridized carbons (Fsp3) is 0.296. The number of benzene rings is 3. The van der Waals surface area contributed by atoms with Crippen molar-refractivity contribution in [3.63, 3.8) is 0 Å². The van der Waals surface area contributed by atoms with Crippen LogP contribution in [-0.2, 0) is 22.6 Å². The summed E-state index contributed by atoms with van der Waals surface area (Å²) in [5.41, 5.74) is 3.13. The van der Waals surface area contributed by atoms with Crippen LogP contribution in [0.1, 0.15) is 29.2 Å². The molecule has 33 heavy (non-hydrogen) atoms. The number of hydrogen-bond acceptors (Lipinski definition) is 5. The van der Waals surface area contributed by atoms with E-state index in [9.17, 15) is 4.79 Å². The Labute approximate surface area is 195 Å². The van der Waals surface area contributed by atoms with Gasteiger partial charge in [0, 0.05) is 20.1 Å². The van der Waals surface area contributed by atoms with Crippen LogP contribution in [0, 0.1) is 0 Å². The fourth-order valence-corrected chi connectivity index (χ4v) is 3.47. The Morgan fingerprint density at radius 3 is 2.33 bits per heavy atom. The highest BCUT2D eigenvalue weighted by atomic mass is 16.5. The van der Waals surface area contributed by atoms with Crippen molar-refractivity contribution < 1.29 is 23.7 Å². The van der Waals surface area contributed by atoms with Crippen molar-refractivity contribution in [2.24, 2.45) is 0 Å². The van der Waals surface area contributed by atoms with Gasteiger partial charge < -0.3 is 24.3 Å². The Hall–Kier alpha value is -3.51. The Kier molecular flexibility index (Phi) is 9.61. The summed E-state index contributed by atoms with van der Waals surface area (Å²) in [6.45, 7) is 1.68. The summed E-state index contributed by atoms with van der Waals surface area (Å²) in [5, 5.41) is 2.92. The second kappa shape index (κ2) is 13.1. The molecule has 0 saturated carbocycles. The summed E-state index contributed by atoms with van der Waals surface area (Å²) in [6, 6.07) is 23.5. The smallest absolute Gasteiger partial charge is 0.207 e. The lowest BCUT2D eigenvalue weighted by molar-refractivity contribution is -0.110. The third kappa shape index (κ3) is 7.54. The van der Waals surface area contributed by atoms with Gasteiger partial charge in [-0.25, -0.2) is 0 Å². The van der Waals surface area contributed by atoms with Gasteiger partial charge in [-0.05, 0) is 47.4 Å². The lowest BCUT2D eigenvalue weighted by Crippen LogP contribution is -2.21. The van der Waals surface area contributed by atoms with Crippen LogP contribution in [0.4, 0.5) is 0 Å². The van der Waals surface area contributed by atoms with Crippen LogP contribution in [0.25, 0.3) is 0 Å². The Morgan fingerprint density at radius 1 is 0.848 bits per heavy atom. The lowest BCUT2D eigenvalue weighted by atomic mass is 9.98. The minimum Gasteiger partial charge on any atom is -0.493 e. The number of methoxy groups -OCH3 is 2. The Bertz CT molecular complexity index is 976. The lowest BCUT2D eigenvalue weighted by Gasteiger charge is -2.19. The van der Waals surface area contributed by atoms with Gasteiger partial charge in [-0.15, -0.1) is 0 Å². The van der Waals surface area contributed by atoms with E-state index >= 15 is 0 Å². The van der Waals surface area contributed by atoms with Gasteiger partial charge in [0.15, 0.2) is 11.5 Å². The van der Waals surface area contributed by atoms with E-state index in [4.69, 9.17) is 18.9 Å². The third-order valence-corrected chi connectivity index (χ3v) is 5.22. The minimum atomic E-state index is -0.180. The maximum atomic E-state index is 11.3. The van der Waals surface area contributed by atoms with Gasteiger partial charge in [0.25, 0.3) is 0 Å². The third-order valence-electron chi connectivity index (χ3n) is 5.22. The molecule has 0 fully saturated rings. The first-order valence-corrected chi connectivity index (χ1v) is 11.0. The molecule has 0 heterocycles. The molecule has 0 radical (unpaired) electrons. The molecule has 0 aromatic heterocycles. The molecular formula is C27H31NO5. The summed E-state index contributed by atoms with van der Waals surface area (Å²) in [7, 11) is 3.29. The molecule has 0 saturated heterocycles. The number of ether oxygens (including phenoxy) is 4. The van der Waals surface area contributed by atoms with Crippen molar-refractivity contribution in [3.05, 3.63) is 89.5 Å². The molecular weight excluding hydrogens is 418 g/mol. The molecule has 6 nitrogen and oxygen atoms in total. The van der Waals surface area contributed by atoms with Gasteiger partial charge >= 0.3 is 0 Å². The average molecular weight is 450 g/mol. The normalized spacial score (nSPS) is 11.5. The number of carbonyl (C=O) groups is 1. The van der Waals surface area contributed by atoms with E-state index in [2.05, 4.69) is 5.32 Å². The van der Waals surface area contributed by atoms with E-state index in [0.717, 1.165) is 35.3 Å². The first kappa shape index (κ1) is 24.1. The highest BCUT2D eigenvalue weighted by Gasteiger charge is 2.14. The molecule has 6 heteroatoms. The summed E-state index contributed by atoms with van der Waals surface area (Å²) >= 11 is 0. The maximum absolute atomic E-state index is 11.3. The molecule has 0 bridgehead atoms. The fourth-order valence-electron chi connectivity index (χ4n) is 3.47. The minimum absolute atomic E-state index is 0.180. The average Bonchev–Trinajstić information content (AvgIpc) is 2.86. The van der Waals surface area contributed by atoms with Crippen molar-refractivity contribution in [1.82, 2.24) is 5.32 Å². The first-order valence-electron chi connectivity index (χ1n) is 11.0. The summed E-state index contributed by atoms with van der Waals surface area (Å²) in [5.74, 6) is 2.14. The van der Waals surface area contributed by atoms with Gasteiger partial charge in [0.05, 0.1) is 19.8 Å². The van der Waals surface area contributed by atoms with E-state index in [0.29, 0.717) is 37.7 Å². The van der Waals surface area contributed by atoms with Gasteiger partial charge in [-0.2, -0.15) is 0 Å². The molecule has 3 aromatic carbocycles. The Balaban J connectivity index is 1.66. The standard InChI is InChI=1S/C27H31NO5/c1-30-15-6-16-32-27-18-22(9-14-26(27)31-2)17-25(28-20-29)23-10-12-24(13-11-23)33-19-21-7-4-3-5-8-21/h3-5,7-14,18,20,25H,6,15-17,19H2,1-2H3,(H,28,29). The molecule has 1 atom stereocenters. The van der Waals surface area contributed by atoms with E-state index in [1.807, 2.05) is 72.8 Å². The second-order valence-corrected chi connectivity index (χ2v) is 7.56. The molecule has 1 amide bonds. The second-order valence-electron chi connectivity index (χ2n) is 7.56. The zero-order valence-electron chi connectivity index (χ0n) is 19.2. The number of carbonyl (C=O) groups excluding carboxylic acids is 1. The number of rotatable bonds is 14. The summed E-state index contributed by atoms with van der Waals surface area (Å²) in [4.78, 5) is 11.3. The van der Waals surface area contributed by atoms with Gasteiger partial charge in [-0.1, -0.05) is 48.5 Å². The van der Waals surface area contributed by atoms with Crippen LogP contribution in [0.5, 0.6) is 17.2 Å². The van der Waals surface area contributed by atoms with Crippen LogP contribution in [0.3, 0.4) is 0 Å². The van der Waals surface area contributed by atoms with E-state index in [-0.39, 0.29) is 6.04 Å². The van der Waals surface area contributed by atoms with E-state index in [1.54, 1.807) is 14.2 Å². The van der Waals surface area contributed by atoms with Gasteiger partial charge in [-0.3, -0.25) is 4.79 Å². The highest BCUT2D eigenvalue weighted by molar-refractivity contribution is 5.49. The molecule has 174 valence electrons. The van der Waals surface area contributed by atoms with Crippen LogP contribution in [0.15, 0.2) is 72.8 Å². The highest BCUT2D eigenvalue weighted by Crippen LogP contribution is 2.30. The number of nitrogens with one attached hydrogen (secondary N) is 1. The van der Waals surface area contributed by atoms with E-state index < -0.39 is 0 Å². The van der Waals surface area contributed by atoms with Crippen molar-refractivity contribution >= 4 is 6.41 Å². The van der Waals surface area contributed by atoms with Gasteiger partial charge in [0.2, 0.25) is 6.41 Å². The molecule has 0 spiro atoms. The van der Waals surface area contributed by atoms with Gasteiger partial charge in [0.1, 0.15) is 12.4 Å². The quantitative estimate of drug-likeness (QED) is 0.285. The van der Waals surface area contributed by atoms with Crippen molar-refractivity contribution in [3.8, 4) is 17.2 Å². The molecule has 0 aliphatic heterocycles. The summed E-state index contributed by atoms with van der Waals surface area (Å²) in [6.07, 6.45) is 2.13. The maximum Gasteiger partial charge on any atom is 0.207 e. The predicted octanol–water partition coefficient (Wildman–Crippen LogP) is 4.72. The molecule has 3 aromatic rings. The molecule has 1 unspecified atom stereocenters. The zero-order valence-corrected chi connectivity index (χ0v) is 19.2. The van der Waals surface area contributed by atoms with Crippen molar-refractivity contribution in [1.29, 1.82) is 0 Å². The van der Waals surface area contributed by atoms with Crippen molar-refractivity contribution in [2.45, 2.75) is 25.5 Å². The number of hydrogen-bond donors (Lipinski definition) is 1. The van der Waals surface area contributed by atoms with E-state index in [1.165, 1.54) is 0 Å². The number of amides is 1. The van der Waals surface area contributed by atoms with Crippen LogP contribution in [0.2, 0.25) is 0 Å². The summed E-state index contributed by atoms with van der Waals surface area (Å²) < 4.78 is 22.3. The monoisotopic (exact) mass is 449 g/mol. The molecule has 1 N–H and O–H groups in total. The van der Waals surface area contributed by atoms with Crippen molar-refractivity contribution in [2.75, 3.05) is 27.4 Å². The largest absolute Gasteiger partial charge is 0.493 e. The van der Waals surface area contributed by atoms with Crippen LogP contribution < -0.4 is 19.5 Å². The zero-order chi connectivity index (χ0) is 23.3. The first-order chi connectivity index (χ1) is 16.2. The topological polar surface area (TPSA) is 66.0 Å². The molecule has 0 aliphatic carbocycles.